The van der Waals surface area contributed by atoms with Crippen molar-refractivity contribution in [1.82, 2.24) is 4.90 Å². The van der Waals surface area contributed by atoms with E-state index in [2.05, 4.69) is 29.6 Å². The highest BCUT2D eigenvalue weighted by Gasteiger charge is 2.55. The van der Waals surface area contributed by atoms with Gasteiger partial charge in [-0.05, 0) is 90.3 Å². The molecule has 7 rings (SSSR count). The van der Waals surface area contributed by atoms with Gasteiger partial charge in [0.05, 0.1) is 5.69 Å². The van der Waals surface area contributed by atoms with Crippen LogP contribution >= 0.6 is 0 Å². The number of nitrogens with one attached hydrogen (secondary N) is 1. The summed E-state index contributed by atoms with van der Waals surface area (Å²) in [6.45, 7) is 1.44. The van der Waals surface area contributed by atoms with Crippen molar-refractivity contribution in [2.45, 2.75) is 63.2 Å². The smallest absolute Gasteiger partial charge is 0.410 e. The maximum absolute atomic E-state index is 13.7. The number of nitrogens with zero attached hydrogens (tertiary/aromatic N) is 1. The molecule has 1 saturated carbocycles. The summed E-state index contributed by atoms with van der Waals surface area (Å²) in [5.41, 5.74) is 6.38. The van der Waals surface area contributed by atoms with Crippen molar-refractivity contribution < 1.29 is 18.7 Å². The number of likely N-dealkylation sites (tertiary alicyclic amines) is 1. The van der Waals surface area contributed by atoms with E-state index < -0.39 is 0 Å². The molecule has 2 fully saturated rings. The lowest BCUT2D eigenvalue weighted by molar-refractivity contribution is -0.0137. The van der Waals surface area contributed by atoms with Crippen LogP contribution in [0.15, 0.2) is 97.1 Å². The first-order valence-corrected chi connectivity index (χ1v) is 15.4. The van der Waals surface area contributed by atoms with E-state index in [1.165, 1.54) is 36.1 Å². The van der Waals surface area contributed by atoms with Gasteiger partial charge in [-0.25, -0.2) is 9.18 Å². The van der Waals surface area contributed by atoms with E-state index >= 15 is 0 Å². The Bertz CT molecular complexity index is 1580. The Labute approximate surface area is 252 Å². The predicted octanol–water partition coefficient (Wildman–Crippen LogP) is 8.54. The maximum atomic E-state index is 13.7. The molecule has 0 radical (unpaired) electrons. The number of piperidine rings is 1. The largest absolute Gasteiger partial charge is 0.487 e. The topological polar surface area (TPSA) is 50.8 Å². The zero-order valence-corrected chi connectivity index (χ0v) is 24.3. The molecular weight excluding hydrogens is 539 g/mol. The summed E-state index contributed by atoms with van der Waals surface area (Å²) in [5.74, 6) is 0.921. The summed E-state index contributed by atoms with van der Waals surface area (Å²) < 4.78 is 26.1. The predicted molar refractivity (Wildman–Crippen MR) is 166 cm³/mol. The van der Waals surface area contributed by atoms with Crippen molar-refractivity contribution in [3.8, 4) is 5.75 Å². The Morgan fingerprint density at radius 2 is 1.60 bits per heavy atom. The summed E-state index contributed by atoms with van der Waals surface area (Å²) in [4.78, 5) is 15.5. The SMILES string of the molecule is O=C(OCc1ccccc1)N1CC[C@]23CCCC[C@H]2[C@H]1Cc1cc(Nc2ccc(F)cc2)c(OCc2ccccc2)cc13. The number of halogens is 1. The van der Waals surface area contributed by atoms with Crippen LogP contribution in [-0.2, 0) is 29.8 Å². The number of fused-ring (bicyclic) bond motifs is 1. The average Bonchev–Trinajstić information content (AvgIpc) is 3.05. The second-order valence-corrected chi connectivity index (χ2v) is 12.2. The molecule has 1 saturated heterocycles. The van der Waals surface area contributed by atoms with Gasteiger partial charge in [-0.15, -0.1) is 0 Å². The molecule has 1 aliphatic heterocycles. The van der Waals surface area contributed by atoms with Gasteiger partial charge in [0.1, 0.15) is 24.8 Å². The Morgan fingerprint density at radius 1 is 0.884 bits per heavy atom. The average molecular weight is 577 g/mol. The molecule has 4 aromatic rings. The number of anilines is 2. The lowest BCUT2D eigenvalue weighted by Gasteiger charge is -2.58. The third kappa shape index (κ3) is 5.47. The third-order valence-electron chi connectivity index (χ3n) is 9.73. The highest BCUT2D eigenvalue weighted by molar-refractivity contribution is 5.71. The Morgan fingerprint density at radius 3 is 2.35 bits per heavy atom. The first kappa shape index (κ1) is 27.5. The number of carbonyl (C=O) groups excluding carboxylic acids is 1. The molecule has 2 aliphatic carbocycles. The molecule has 0 aromatic heterocycles. The van der Waals surface area contributed by atoms with Crippen LogP contribution in [0.4, 0.5) is 20.6 Å². The molecule has 6 heteroatoms. The fourth-order valence-corrected chi connectivity index (χ4v) is 7.71. The van der Waals surface area contributed by atoms with Gasteiger partial charge in [0.15, 0.2) is 0 Å². The molecule has 1 amide bonds. The molecule has 1 N–H and O–H groups in total. The second kappa shape index (κ2) is 11.8. The Hall–Kier alpha value is -4.32. The van der Waals surface area contributed by atoms with Gasteiger partial charge in [-0.1, -0.05) is 73.5 Å². The Kier molecular flexibility index (Phi) is 7.52. The molecule has 0 spiro atoms. The summed E-state index contributed by atoms with van der Waals surface area (Å²) in [7, 11) is 0. The normalized spacial score (nSPS) is 22.2. The van der Waals surface area contributed by atoms with E-state index in [-0.39, 0.29) is 30.0 Å². The molecule has 3 aliphatic rings. The minimum atomic E-state index is -0.272. The number of carbonyl (C=O) groups is 1. The van der Waals surface area contributed by atoms with Crippen LogP contribution in [0.2, 0.25) is 0 Å². The molecule has 2 bridgehead atoms. The van der Waals surface area contributed by atoms with Crippen LogP contribution in [-0.4, -0.2) is 23.6 Å². The van der Waals surface area contributed by atoms with Crippen LogP contribution in [0, 0.1) is 11.7 Å². The molecule has 0 unspecified atom stereocenters. The van der Waals surface area contributed by atoms with Crippen LogP contribution in [0.1, 0.15) is 54.4 Å². The van der Waals surface area contributed by atoms with Gasteiger partial charge in [0, 0.05) is 23.7 Å². The Balaban J connectivity index is 1.22. The standard InChI is InChI=1S/C37H37FN2O3/c38-29-14-16-30(17-15-29)39-33-21-28-22-34-31-13-7-8-18-37(31,32(28)23-35(33)42-24-26-9-3-1-4-10-26)19-20-40(34)36(41)43-25-27-11-5-2-6-12-27/h1-6,9-12,14-17,21,23,31,34,39H,7-8,13,18-20,22,24-25H2/t31-,34+,37+/m0/s1. The molecule has 43 heavy (non-hydrogen) atoms. The van der Waals surface area contributed by atoms with Crippen molar-refractivity contribution in [2.75, 3.05) is 11.9 Å². The van der Waals surface area contributed by atoms with Gasteiger partial charge in [0.2, 0.25) is 0 Å². The quantitative estimate of drug-likeness (QED) is 0.240. The summed E-state index contributed by atoms with van der Waals surface area (Å²) >= 11 is 0. The summed E-state index contributed by atoms with van der Waals surface area (Å²) in [6, 6.07) is 31.0. The molecule has 1 heterocycles. The van der Waals surface area contributed by atoms with Crippen molar-refractivity contribution in [2.24, 2.45) is 5.92 Å². The van der Waals surface area contributed by atoms with E-state index in [4.69, 9.17) is 9.47 Å². The number of benzene rings is 4. The highest BCUT2D eigenvalue weighted by Crippen LogP contribution is 2.57. The number of amides is 1. The third-order valence-corrected chi connectivity index (χ3v) is 9.73. The zero-order chi connectivity index (χ0) is 29.2. The van der Waals surface area contributed by atoms with Crippen molar-refractivity contribution in [3.05, 3.63) is 125 Å². The van der Waals surface area contributed by atoms with Crippen molar-refractivity contribution in [3.63, 3.8) is 0 Å². The number of ether oxygens (including phenoxy) is 2. The van der Waals surface area contributed by atoms with E-state index in [1.54, 1.807) is 12.1 Å². The van der Waals surface area contributed by atoms with Crippen molar-refractivity contribution in [1.29, 1.82) is 0 Å². The van der Waals surface area contributed by atoms with Gasteiger partial charge in [0.25, 0.3) is 0 Å². The maximum Gasteiger partial charge on any atom is 0.410 e. The zero-order valence-electron chi connectivity index (χ0n) is 24.3. The second-order valence-electron chi connectivity index (χ2n) is 12.2. The lowest BCUT2D eigenvalue weighted by atomic mass is 9.52. The molecule has 5 nitrogen and oxygen atoms in total. The first-order chi connectivity index (χ1) is 21.1. The van der Waals surface area contributed by atoms with Crippen LogP contribution in [0.5, 0.6) is 5.75 Å². The number of rotatable bonds is 7. The monoisotopic (exact) mass is 576 g/mol. The minimum absolute atomic E-state index is 0.0198. The van der Waals surface area contributed by atoms with Gasteiger partial charge in [-0.2, -0.15) is 0 Å². The summed E-state index contributed by atoms with van der Waals surface area (Å²) in [6.07, 6.45) is 6.09. The number of hydrogen-bond acceptors (Lipinski definition) is 4. The van der Waals surface area contributed by atoms with Gasteiger partial charge < -0.3 is 19.7 Å². The van der Waals surface area contributed by atoms with E-state index in [0.717, 1.165) is 53.9 Å². The van der Waals surface area contributed by atoms with Crippen LogP contribution in [0.3, 0.4) is 0 Å². The highest BCUT2D eigenvalue weighted by atomic mass is 19.1. The van der Waals surface area contributed by atoms with E-state index in [1.807, 2.05) is 53.4 Å². The van der Waals surface area contributed by atoms with E-state index in [9.17, 15) is 9.18 Å². The molecule has 220 valence electrons. The molecular formula is C37H37FN2O3. The summed E-state index contributed by atoms with van der Waals surface area (Å²) in [5, 5.41) is 3.50. The van der Waals surface area contributed by atoms with Crippen LogP contribution in [0.25, 0.3) is 0 Å². The molecule has 4 aromatic carbocycles. The van der Waals surface area contributed by atoms with Crippen LogP contribution < -0.4 is 10.1 Å². The lowest BCUT2D eigenvalue weighted by Crippen LogP contribution is -2.62. The van der Waals surface area contributed by atoms with Crippen molar-refractivity contribution >= 4 is 17.5 Å². The van der Waals surface area contributed by atoms with Gasteiger partial charge >= 0.3 is 6.09 Å². The molecule has 3 atom stereocenters. The fourth-order valence-electron chi connectivity index (χ4n) is 7.71. The van der Waals surface area contributed by atoms with Gasteiger partial charge in [-0.3, -0.25) is 0 Å². The fraction of sp³-hybridized carbons (Fsp3) is 0.324. The van der Waals surface area contributed by atoms with E-state index in [0.29, 0.717) is 19.1 Å². The number of hydrogen-bond donors (Lipinski definition) is 1. The minimum Gasteiger partial charge on any atom is -0.487 e. The first-order valence-electron chi connectivity index (χ1n) is 15.4.